The van der Waals surface area contributed by atoms with Gasteiger partial charge in [-0.1, -0.05) is 0 Å². The molecule has 0 N–H and O–H groups in total. The molecule has 0 aliphatic heterocycles. The maximum absolute atomic E-state index is 4.19. The van der Waals surface area contributed by atoms with Crippen LogP contribution in [-0.4, -0.2) is 19.5 Å². The van der Waals surface area contributed by atoms with Crippen LogP contribution in [0.1, 0.15) is 5.82 Å². The van der Waals surface area contributed by atoms with Crippen molar-refractivity contribution in [3.05, 3.63) is 18.3 Å². The molecule has 0 saturated heterocycles. The van der Waals surface area contributed by atoms with E-state index in [4.69, 9.17) is 0 Å². The standard InChI is InChI=1S/C7H7N4/c1-5-8-3-6-7(10-5)11(2)4-9-6/h4H,1-2H3. The third kappa shape index (κ3) is 0.869. The molecule has 2 aromatic heterocycles. The Hall–Kier alpha value is -1.45. The number of imidazole rings is 1. The van der Waals surface area contributed by atoms with Crippen LogP contribution in [0.15, 0.2) is 6.33 Å². The highest BCUT2D eigenvalue weighted by Crippen LogP contribution is 2.05. The van der Waals surface area contributed by atoms with Gasteiger partial charge in [0.15, 0.2) is 5.65 Å². The lowest BCUT2D eigenvalue weighted by Gasteiger charge is -1.92. The smallest absolute Gasteiger partial charge is 0.163 e. The molecule has 0 fully saturated rings. The summed E-state index contributed by atoms with van der Waals surface area (Å²) in [4.78, 5) is 12.1. The van der Waals surface area contributed by atoms with Crippen molar-refractivity contribution >= 4 is 11.2 Å². The van der Waals surface area contributed by atoms with E-state index in [0.29, 0.717) is 0 Å². The number of hydrogen-bond donors (Lipinski definition) is 0. The van der Waals surface area contributed by atoms with Crippen molar-refractivity contribution in [1.29, 1.82) is 0 Å². The Morgan fingerprint density at radius 2 is 2.36 bits per heavy atom. The molecule has 0 bridgehead atoms. The lowest BCUT2D eigenvalue weighted by atomic mass is 10.5. The number of fused-ring (bicyclic) bond motifs is 1. The normalized spacial score (nSPS) is 10.7. The molecule has 4 heteroatoms. The van der Waals surface area contributed by atoms with Crippen molar-refractivity contribution in [2.75, 3.05) is 0 Å². The van der Waals surface area contributed by atoms with Gasteiger partial charge in [-0.3, -0.25) is 0 Å². The van der Waals surface area contributed by atoms with Crippen LogP contribution in [0.5, 0.6) is 0 Å². The number of aromatic nitrogens is 4. The van der Waals surface area contributed by atoms with Gasteiger partial charge in [-0.2, -0.15) is 0 Å². The summed E-state index contributed by atoms with van der Waals surface area (Å²) in [6.07, 6.45) is 4.50. The first kappa shape index (κ1) is 6.27. The second kappa shape index (κ2) is 2.02. The SMILES string of the molecule is Cc1n[c]c2ncn(C)c2n1. The minimum absolute atomic E-state index is 0.720. The molecule has 0 amide bonds. The summed E-state index contributed by atoms with van der Waals surface area (Å²) in [6.45, 7) is 1.84. The van der Waals surface area contributed by atoms with Gasteiger partial charge in [-0.05, 0) is 6.92 Å². The molecule has 2 aromatic rings. The van der Waals surface area contributed by atoms with Crippen LogP contribution in [0.4, 0.5) is 0 Å². The highest BCUT2D eigenvalue weighted by Gasteiger charge is 2.00. The van der Waals surface area contributed by atoms with E-state index in [0.717, 1.165) is 17.0 Å². The Morgan fingerprint density at radius 1 is 1.55 bits per heavy atom. The quantitative estimate of drug-likeness (QED) is 0.544. The lowest BCUT2D eigenvalue weighted by molar-refractivity contribution is 0.919. The van der Waals surface area contributed by atoms with Crippen LogP contribution < -0.4 is 0 Å². The second-order valence-electron chi connectivity index (χ2n) is 2.41. The van der Waals surface area contributed by atoms with Gasteiger partial charge in [0.05, 0.1) is 6.33 Å². The average molecular weight is 147 g/mol. The summed E-state index contributed by atoms with van der Waals surface area (Å²) in [5, 5.41) is 0. The van der Waals surface area contributed by atoms with E-state index in [1.807, 2.05) is 18.5 Å². The van der Waals surface area contributed by atoms with Gasteiger partial charge >= 0.3 is 0 Å². The monoisotopic (exact) mass is 147 g/mol. The molecule has 0 aromatic carbocycles. The Morgan fingerprint density at radius 3 is 3.18 bits per heavy atom. The van der Waals surface area contributed by atoms with Gasteiger partial charge in [-0.25, -0.2) is 15.0 Å². The van der Waals surface area contributed by atoms with Crippen molar-refractivity contribution in [2.24, 2.45) is 7.05 Å². The van der Waals surface area contributed by atoms with Crippen molar-refractivity contribution < 1.29 is 0 Å². The first-order valence-electron chi connectivity index (χ1n) is 3.31. The molecular weight excluding hydrogens is 140 g/mol. The van der Waals surface area contributed by atoms with Gasteiger partial charge in [0.25, 0.3) is 0 Å². The molecule has 11 heavy (non-hydrogen) atoms. The summed E-state index contributed by atoms with van der Waals surface area (Å²) < 4.78 is 1.85. The largest absolute Gasteiger partial charge is 0.318 e. The van der Waals surface area contributed by atoms with Crippen LogP contribution in [0, 0.1) is 13.1 Å². The average Bonchev–Trinajstić information content (AvgIpc) is 2.33. The highest BCUT2D eigenvalue weighted by atomic mass is 15.1. The van der Waals surface area contributed by atoms with Crippen molar-refractivity contribution in [3.8, 4) is 0 Å². The number of aryl methyl sites for hydroxylation is 2. The van der Waals surface area contributed by atoms with Crippen molar-refractivity contribution in [2.45, 2.75) is 6.92 Å². The highest BCUT2D eigenvalue weighted by molar-refractivity contribution is 5.68. The Kier molecular flexibility index (Phi) is 1.15. The molecule has 1 radical (unpaired) electrons. The Bertz CT molecular complexity index is 390. The summed E-state index contributed by atoms with van der Waals surface area (Å²) in [5.74, 6) is 0.723. The zero-order valence-electron chi connectivity index (χ0n) is 6.37. The fourth-order valence-corrected chi connectivity index (χ4v) is 0.947. The fraction of sp³-hybridized carbons (Fsp3) is 0.286. The number of nitrogens with zero attached hydrogens (tertiary/aromatic N) is 4. The fourth-order valence-electron chi connectivity index (χ4n) is 0.947. The summed E-state index contributed by atoms with van der Waals surface area (Å²) in [5.41, 5.74) is 1.55. The molecule has 0 spiro atoms. The second-order valence-corrected chi connectivity index (χ2v) is 2.41. The van der Waals surface area contributed by atoms with E-state index in [2.05, 4.69) is 21.1 Å². The third-order valence-electron chi connectivity index (χ3n) is 1.50. The number of rotatable bonds is 0. The van der Waals surface area contributed by atoms with Gasteiger partial charge in [0.1, 0.15) is 17.5 Å². The maximum Gasteiger partial charge on any atom is 0.163 e. The first-order valence-corrected chi connectivity index (χ1v) is 3.31. The minimum Gasteiger partial charge on any atom is -0.318 e. The van der Waals surface area contributed by atoms with E-state index in [1.54, 1.807) is 6.33 Å². The molecule has 0 aliphatic carbocycles. The van der Waals surface area contributed by atoms with Crippen molar-refractivity contribution in [3.63, 3.8) is 0 Å². The predicted molar refractivity (Wildman–Crippen MR) is 39.9 cm³/mol. The van der Waals surface area contributed by atoms with Crippen LogP contribution in [0.3, 0.4) is 0 Å². The van der Waals surface area contributed by atoms with E-state index in [9.17, 15) is 0 Å². The Labute approximate surface area is 63.9 Å². The lowest BCUT2D eigenvalue weighted by Crippen LogP contribution is -1.91. The van der Waals surface area contributed by atoms with E-state index >= 15 is 0 Å². The molecule has 0 saturated carbocycles. The molecule has 4 nitrogen and oxygen atoms in total. The van der Waals surface area contributed by atoms with Crippen LogP contribution >= 0.6 is 0 Å². The van der Waals surface area contributed by atoms with Gasteiger partial charge < -0.3 is 4.57 Å². The third-order valence-corrected chi connectivity index (χ3v) is 1.50. The first-order chi connectivity index (χ1) is 5.27. The van der Waals surface area contributed by atoms with E-state index in [1.165, 1.54) is 0 Å². The zero-order valence-corrected chi connectivity index (χ0v) is 6.37. The van der Waals surface area contributed by atoms with Gasteiger partial charge in [0.2, 0.25) is 0 Å². The van der Waals surface area contributed by atoms with E-state index < -0.39 is 0 Å². The molecule has 2 heterocycles. The summed E-state index contributed by atoms with van der Waals surface area (Å²) >= 11 is 0. The molecule has 0 atom stereocenters. The van der Waals surface area contributed by atoms with Crippen LogP contribution in [0.25, 0.3) is 11.2 Å². The molecule has 0 unspecified atom stereocenters. The number of hydrogen-bond acceptors (Lipinski definition) is 3. The predicted octanol–water partition coefficient (Wildman–Crippen LogP) is 0.472. The van der Waals surface area contributed by atoms with Gasteiger partial charge in [-0.15, -0.1) is 0 Å². The van der Waals surface area contributed by atoms with Crippen LogP contribution in [0.2, 0.25) is 0 Å². The van der Waals surface area contributed by atoms with E-state index in [-0.39, 0.29) is 0 Å². The Balaban J connectivity index is 2.87. The van der Waals surface area contributed by atoms with Crippen LogP contribution in [-0.2, 0) is 7.05 Å². The summed E-state index contributed by atoms with van der Waals surface area (Å²) in [6, 6.07) is 0. The molecule has 55 valence electrons. The molecular formula is C7H7N4. The topological polar surface area (TPSA) is 43.6 Å². The maximum atomic E-state index is 4.19. The van der Waals surface area contributed by atoms with Crippen molar-refractivity contribution in [1.82, 2.24) is 19.5 Å². The zero-order chi connectivity index (χ0) is 7.84. The summed E-state index contributed by atoms with van der Waals surface area (Å²) in [7, 11) is 1.90. The molecule has 2 rings (SSSR count). The minimum atomic E-state index is 0.720. The molecule has 0 aliphatic rings. The van der Waals surface area contributed by atoms with Gasteiger partial charge in [0, 0.05) is 7.05 Å².